The molecule has 0 aliphatic carbocycles. The fourth-order valence-electron chi connectivity index (χ4n) is 2.04. The van der Waals surface area contributed by atoms with E-state index in [9.17, 15) is 4.79 Å². The van der Waals surface area contributed by atoms with Crippen molar-refractivity contribution in [2.24, 2.45) is 5.92 Å². The van der Waals surface area contributed by atoms with Crippen LogP contribution < -0.4 is 10.6 Å². The highest BCUT2D eigenvalue weighted by Crippen LogP contribution is 2.25. The summed E-state index contributed by atoms with van der Waals surface area (Å²) < 4.78 is 0. The number of thioether (sulfide) groups is 1. The molecule has 1 aromatic rings. The Morgan fingerprint density at radius 3 is 3.06 bits per heavy atom. The van der Waals surface area contributed by atoms with Crippen LogP contribution in [0.25, 0.3) is 0 Å². The Morgan fingerprint density at radius 2 is 2.39 bits per heavy atom. The van der Waals surface area contributed by atoms with E-state index in [1.807, 2.05) is 17.7 Å². The van der Waals surface area contributed by atoms with Crippen molar-refractivity contribution in [1.82, 2.24) is 10.6 Å². The summed E-state index contributed by atoms with van der Waals surface area (Å²) in [6.07, 6.45) is 3.13. The second kappa shape index (κ2) is 7.38. The highest BCUT2D eigenvalue weighted by atomic mass is 35.5. The van der Waals surface area contributed by atoms with Crippen molar-refractivity contribution in [2.45, 2.75) is 24.3 Å². The van der Waals surface area contributed by atoms with Crippen molar-refractivity contribution in [3.05, 3.63) is 16.3 Å². The molecule has 0 bridgehead atoms. The SMILES string of the molecule is CSc1ccsc1C(=O)NC1CNCCC1C.Cl. The van der Waals surface area contributed by atoms with Gasteiger partial charge >= 0.3 is 0 Å². The number of hydrogen-bond acceptors (Lipinski definition) is 4. The van der Waals surface area contributed by atoms with Gasteiger partial charge in [0.2, 0.25) is 0 Å². The number of halogens is 1. The maximum absolute atomic E-state index is 12.2. The highest BCUT2D eigenvalue weighted by Gasteiger charge is 2.24. The first kappa shape index (κ1) is 15.8. The predicted molar refractivity (Wildman–Crippen MR) is 81.3 cm³/mol. The number of rotatable bonds is 3. The molecule has 18 heavy (non-hydrogen) atoms. The molecular formula is C12H19ClN2OS2. The zero-order valence-electron chi connectivity index (χ0n) is 10.6. The molecule has 2 atom stereocenters. The molecule has 2 unspecified atom stereocenters. The summed E-state index contributed by atoms with van der Waals surface area (Å²) in [5, 5.41) is 8.44. The molecule has 1 saturated heterocycles. The second-order valence-electron chi connectivity index (χ2n) is 4.37. The molecule has 1 fully saturated rings. The van der Waals surface area contributed by atoms with E-state index < -0.39 is 0 Å². The Hall–Kier alpha value is -0.230. The van der Waals surface area contributed by atoms with E-state index in [0.29, 0.717) is 5.92 Å². The van der Waals surface area contributed by atoms with Gasteiger partial charge in [0.25, 0.3) is 5.91 Å². The Labute approximate surface area is 123 Å². The standard InChI is InChI=1S/C12H18N2OS2.ClH/c1-8-3-5-13-7-9(8)14-12(15)11-10(16-2)4-6-17-11;/h4,6,8-9,13H,3,5,7H2,1-2H3,(H,14,15);1H. The van der Waals surface area contributed by atoms with Crippen LogP contribution >= 0.6 is 35.5 Å². The molecule has 0 spiro atoms. The largest absolute Gasteiger partial charge is 0.347 e. The lowest BCUT2D eigenvalue weighted by molar-refractivity contribution is 0.0917. The van der Waals surface area contributed by atoms with Crippen molar-refractivity contribution >= 4 is 41.4 Å². The molecule has 0 aromatic carbocycles. The molecule has 0 saturated carbocycles. The van der Waals surface area contributed by atoms with Crippen LogP contribution in [0.1, 0.15) is 23.0 Å². The van der Waals surface area contributed by atoms with Gasteiger partial charge in [0.05, 0.1) is 0 Å². The molecule has 6 heteroatoms. The minimum atomic E-state index is 0. The van der Waals surface area contributed by atoms with Crippen LogP contribution in [0.15, 0.2) is 16.3 Å². The first-order valence-corrected chi connectivity index (χ1v) is 7.96. The lowest BCUT2D eigenvalue weighted by Gasteiger charge is -2.30. The molecule has 0 radical (unpaired) electrons. The molecule has 1 aromatic heterocycles. The number of hydrogen-bond donors (Lipinski definition) is 2. The van der Waals surface area contributed by atoms with Crippen molar-refractivity contribution in [1.29, 1.82) is 0 Å². The van der Waals surface area contributed by atoms with E-state index in [2.05, 4.69) is 17.6 Å². The average Bonchev–Trinajstić information content (AvgIpc) is 2.80. The molecule has 3 nitrogen and oxygen atoms in total. The second-order valence-corrected chi connectivity index (χ2v) is 6.13. The average molecular weight is 307 g/mol. The van der Waals surface area contributed by atoms with Gasteiger partial charge in [0.15, 0.2) is 0 Å². The molecule has 1 amide bonds. The van der Waals surface area contributed by atoms with Gasteiger partial charge in [-0.25, -0.2) is 0 Å². The number of nitrogens with one attached hydrogen (secondary N) is 2. The smallest absolute Gasteiger partial charge is 0.262 e. The zero-order chi connectivity index (χ0) is 12.3. The van der Waals surface area contributed by atoms with Gasteiger partial charge in [-0.2, -0.15) is 0 Å². The fraction of sp³-hybridized carbons (Fsp3) is 0.583. The molecule has 1 aliphatic heterocycles. The van der Waals surface area contributed by atoms with Crippen molar-refractivity contribution in [2.75, 3.05) is 19.3 Å². The monoisotopic (exact) mass is 306 g/mol. The van der Waals surface area contributed by atoms with Crippen molar-refractivity contribution in [3.8, 4) is 0 Å². The van der Waals surface area contributed by atoms with E-state index in [1.165, 1.54) is 11.3 Å². The van der Waals surface area contributed by atoms with Crippen molar-refractivity contribution in [3.63, 3.8) is 0 Å². The van der Waals surface area contributed by atoms with Gasteiger partial charge in [-0.1, -0.05) is 6.92 Å². The predicted octanol–water partition coefficient (Wildman–Crippen LogP) is 2.62. The minimum Gasteiger partial charge on any atom is -0.347 e. The summed E-state index contributed by atoms with van der Waals surface area (Å²) in [6, 6.07) is 2.26. The summed E-state index contributed by atoms with van der Waals surface area (Å²) in [7, 11) is 0. The first-order valence-electron chi connectivity index (χ1n) is 5.85. The fourth-order valence-corrected chi connectivity index (χ4v) is 3.69. The van der Waals surface area contributed by atoms with Gasteiger partial charge in [0.1, 0.15) is 4.88 Å². The van der Waals surface area contributed by atoms with Gasteiger partial charge in [0, 0.05) is 17.5 Å². The van der Waals surface area contributed by atoms with Gasteiger partial charge in [-0.3, -0.25) is 4.79 Å². The third kappa shape index (κ3) is 3.63. The highest BCUT2D eigenvalue weighted by molar-refractivity contribution is 7.98. The van der Waals surface area contributed by atoms with Gasteiger partial charge < -0.3 is 10.6 Å². The molecule has 1 aliphatic rings. The van der Waals surface area contributed by atoms with Crippen LogP contribution in [0.4, 0.5) is 0 Å². The third-order valence-electron chi connectivity index (χ3n) is 3.20. The Balaban J connectivity index is 0.00000162. The van der Waals surface area contributed by atoms with Crippen LogP contribution in [0.2, 0.25) is 0 Å². The maximum Gasteiger partial charge on any atom is 0.262 e. The van der Waals surface area contributed by atoms with Gasteiger partial charge in [-0.05, 0) is 36.6 Å². The molecule has 2 rings (SSSR count). The Bertz CT molecular complexity index is 397. The summed E-state index contributed by atoms with van der Waals surface area (Å²) >= 11 is 3.15. The van der Waals surface area contributed by atoms with E-state index in [0.717, 1.165) is 29.3 Å². The molecule has 2 N–H and O–H groups in total. The van der Waals surface area contributed by atoms with Crippen LogP contribution in [0.3, 0.4) is 0 Å². The summed E-state index contributed by atoms with van der Waals surface area (Å²) in [6.45, 7) is 4.14. The quantitative estimate of drug-likeness (QED) is 0.844. The number of amides is 1. The Kier molecular flexibility index (Phi) is 6.49. The van der Waals surface area contributed by atoms with Crippen LogP contribution in [-0.2, 0) is 0 Å². The minimum absolute atomic E-state index is 0. The van der Waals surface area contributed by atoms with E-state index in [1.54, 1.807) is 11.8 Å². The topological polar surface area (TPSA) is 41.1 Å². The van der Waals surface area contributed by atoms with E-state index in [4.69, 9.17) is 0 Å². The number of thiophene rings is 1. The van der Waals surface area contributed by atoms with Crippen LogP contribution in [-0.4, -0.2) is 31.3 Å². The number of carbonyl (C=O) groups is 1. The van der Waals surface area contributed by atoms with Crippen LogP contribution in [0.5, 0.6) is 0 Å². The number of carbonyl (C=O) groups excluding carboxylic acids is 1. The normalized spacial score (nSPS) is 23.2. The van der Waals surface area contributed by atoms with E-state index in [-0.39, 0.29) is 24.4 Å². The molecule has 2 heterocycles. The molecular weight excluding hydrogens is 288 g/mol. The van der Waals surface area contributed by atoms with Crippen LogP contribution in [0, 0.1) is 5.92 Å². The van der Waals surface area contributed by atoms with E-state index >= 15 is 0 Å². The first-order chi connectivity index (χ1) is 8.22. The van der Waals surface area contributed by atoms with Gasteiger partial charge in [-0.15, -0.1) is 35.5 Å². The maximum atomic E-state index is 12.2. The lowest BCUT2D eigenvalue weighted by Crippen LogP contribution is -2.50. The third-order valence-corrected chi connectivity index (χ3v) is 5.02. The Morgan fingerprint density at radius 1 is 1.61 bits per heavy atom. The summed E-state index contributed by atoms with van der Waals surface area (Å²) in [5.74, 6) is 0.628. The lowest BCUT2D eigenvalue weighted by atomic mass is 9.95. The van der Waals surface area contributed by atoms with Crippen molar-refractivity contribution < 1.29 is 4.79 Å². The summed E-state index contributed by atoms with van der Waals surface area (Å²) in [5.41, 5.74) is 0. The molecule has 102 valence electrons. The summed E-state index contributed by atoms with van der Waals surface area (Å²) in [4.78, 5) is 14.1. The zero-order valence-corrected chi connectivity index (χ0v) is 13.0. The number of piperidine rings is 1.